The third kappa shape index (κ3) is 12.4. The number of hydrogen-bond acceptors (Lipinski definition) is 6. The molecule has 0 saturated heterocycles. The zero-order valence-corrected chi connectivity index (χ0v) is 21.1. The molecule has 6 heteroatoms. The van der Waals surface area contributed by atoms with Crippen LogP contribution in [0.3, 0.4) is 0 Å². The number of nitrogens with two attached hydrogens (primary N) is 1. The second kappa shape index (κ2) is 12.7. The van der Waals surface area contributed by atoms with Crippen LogP contribution >= 0.6 is 0 Å². The van der Waals surface area contributed by atoms with Gasteiger partial charge < -0.3 is 20.3 Å². The summed E-state index contributed by atoms with van der Waals surface area (Å²) < 4.78 is 11.1. The summed E-state index contributed by atoms with van der Waals surface area (Å²) in [7, 11) is 0. The first kappa shape index (κ1) is 28.6. The minimum absolute atomic E-state index is 0.00275. The zero-order chi connectivity index (χ0) is 25.2. The molecule has 0 aromatic heterocycles. The molecule has 1 aromatic rings. The highest BCUT2D eigenvalue weighted by Crippen LogP contribution is 2.22. The molecule has 2 unspecified atom stereocenters. The molecule has 1 aromatic carbocycles. The van der Waals surface area contributed by atoms with Crippen LogP contribution in [0.4, 0.5) is 0 Å². The second-order valence-corrected chi connectivity index (χ2v) is 10.6. The van der Waals surface area contributed by atoms with Crippen molar-refractivity contribution in [3.63, 3.8) is 0 Å². The molecule has 0 heterocycles. The Kier molecular flexibility index (Phi) is 11.0. The first-order chi connectivity index (χ1) is 15.2. The van der Waals surface area contributed by atoms with E-state index in [1.165, 1.54) is 6.08 Å². The molecule has 0 aliphatic heterocycles. The number of ether oxygens (including phenoxy) is 2. The fourth-order valence-electron chi connectivity index (χ4n) is 3.10. The monoisotopic (exact) mass is 459 g/mol. The van der Waals surface area contributed by atoms with Gasteiger partial charge in [0.25, 0.3) is 0 Å². The number of rotatable bonds is 10. The van der Waals surface area contributed by atoms with E-state index in [0.29, 0.717) is 12.8 Å². The number of aliphatic hydroxyl groups excluding tert-OH is 1. The van der Waals surface area contributed by atoms with Gasteiger partial charge in [-0.3, -0.25) is 4.79 Å². The van der Waals surface area contributed by atoms with Crippen molar-refractivity contribution in [1.82, 2.24) is 0 Å². The summed E-state index contributed by atoms with van der Waals surface area (Å²) in [6.07, 6.45) is 7.31. The molecular weight excluding hydrogens is 418 g/mol. The fraction of sp³-hybridized carbons (Fsp3) is 0.556. The summed E-state index contributed by atoms with van der Waals surface area (Å²) >= 11 is 0. The molecule has 0 saturated carbocycles. The Bertz CT molecular complexity index is 812. The van der Waals surface area contributed by atoms with Crippen molar-refractivity contribution in [1.29, 1.82) is 0 Å². The first-order valence-corrected chi connectivity index (χ1v) is 11.4. The van der Waals surface area contributed by atoms with Crippen LogP contribution < -0.4 is 5.73 Å². The second-order valence-electron chi connectivity index (χ2n) is 10.6. The number of hydrogen-bond donors (Lipinski definition) is 2. The van der Waals surface area contributed by atoms with Gasteiger partial charge in [-0.05, 0) is 43.7 Å². The highest BCUT2D eigenvalue weighted by Gasteiger charge is 2.26. The molecule has 3 N–H and O–H groups in total. The molecule has 0 aliphatic carbocycles. The Morgan fingerprint density at radius 2 is 1.70 bits per heavy atom. The average molecular weight is 460 g/mol. The minimum Gasteiger partial charge on any atom is -0.460 e. The molecule has 1 rings (SSSR count). The maximum atomic E-state index is 12.7. The van der Waals surface area contributed by atoms with E-state index in [2.05, 4.69) is 0 Å². The molecular formula is C27H41NO5. The van der Waals surface area contributed by atoms with E-state index in [9.17, 15) is 14.7 Å². The summed E-state index contributed by atoms with van der Waals surface area (Å²) in [6.45, 7) is 13.4. The van der Waals surface area contributed by atoms with Crippen LogP contribution in [-0.2, 0) is 25.7 Å². The third-order valence-corrected chi connectivity index (χ3v) is 4.77. The normalized spacial score (nSPS) is 15.4. The Hall–Kier alpha value is -2.44. The van der Waals surface area contributed by atoms with Gasteiger partial charge in [0.15, 0.2) is 0 Å². The largest absolute Gasteiger partial charge is 0.460 e. The molecule has 0 spiro atoms. The van der Waals surface area contributed by atoms with Crippen molar-refractivity contribution in [3.8, 4) is 0 Å². The van der Waals surface area contributed by atoms with E-state index in [4.69, 9.17) is 15.2 Å². The predicted molar refractivity (Wildman–Crippen MR) is 132 cm³/mol. The molecule has 33 heavy (non-hydrogen) atoms. The zero-order valence-electron chi connectivity index (χ0n) is 21.1. The summed E-state index contributed by atoms with van der Waals surface area (Å²) in [5.41, 5.74) is 7.22. The fourth-order valence-corrected chi connectivity index (χ4v) is 3.10. The Morgan fingerprint density at radius 1 is 1.09 bits per heavy atom. The van der Waals surface area contributed by atoms with E-state index in [0.717, 1.165) is 11.1 Å². The van der Waals surface area contributed by atoms with Gasteiger partial charge in [0, 0.05) is 18.4 Å². The number of esters is 2. The average Bonchev–Trinajstić information content (AvgIpc) is 2.68. The Balaban J connectivity index is 2.93. The number of aliphatic hydroxyl groups is 1. The van der Waals surface area contributed by atoms with Crippen LogP contribution in [0.25, 0.3) is 6.08 Å². The van der Waals surface area contributed by atoms with Gasteiger partial charge in [-0.25, -0.2) is 4.79 Å². The molecule has 3 atom stereocenters. The van der Waals surface area contributed by atoms with Gasteiger partial charge in [-0.1, -0.05) is 70.2 Å². The number of carbonyl (C=O) groups excluding carboxylic acids is 2. The number of benzene rings is 1. The molecule has 0 bridgehead atoms. The molecule has 184 valence electrons. The van der Waals surface area contributed by atoms with Crippen LogP contribution in [0.15, 0.2) is 42.5 Å². The van der Waals surface area contributed by atoms with Crippen LogP contribution in [-0.4, -0.2) is 34.8 Å². The van der Waals surface area contributed by atoms with E-state index in [1.54, 1.807) is 26.8 Å². The maximum absolute atomic E-state index is 12.7. The van der Waals surface area contributed by atoms with Crippen LogP contribution in [0.2, 0.25) is 0 Å². The molecule has 0 fully saturated rings. The summed E-state index contributed by atoms with van der Waals surface area (Å²) in [6, 6.07) is 6.83. The summed E-state index contributed by atoms with van der Waals surface area (Å²) in [4.78, 5) is 24.6. The number of carbonyl (C=O) groups is 2. The highest BCUT2D eigenvalue weighted by molar-refractivity contribution is 5.82. The smallest absolute Gasteiger partial charge is 0.330 e. The van der Waals surface area contributed by atoms with Crippen LogP contribution in [0.1, 0.15) is 72.4 Å². The molecule has 6 nitrogen and oxygen atoms in total. The standard InChI is InChI=1S/C27H41NO5/c1-19(11-12-20-13-15-21(18-29)16-14-20)23(9-8-10-24(30)33-27(5,6)7)32-25(31)22(28)17-26(2,3)4/h8,10-16,19,22-23,29H,9,17-18,28H2,1-7H3/b10-8+,12-11-/t19?,22-,23?/m0/s1. The van der Waals surface area contributed by atoms with Gasteiger partial charge in [0.05, 0.1) is 6.61 Å². The van der Waals surface area contributed by atoms with Crippen molar-refractivity contribution in [2.75, 3.05) is 0 Å². The van der Waals surface area contributed by atoms with Crippen molar-refractivity contribution in [2.24, 2.45) is 17.1 Å². The summed E-state index contributed by atoms with van der Waals surface area (Å²) in [5.74, 6) is -1.02. The first-order valence-electron chi connectivity index (χ1n) is 11.4. The van der Waals surface area contributed by atoms with Gasteiger partial charge in [0.2, 0.25) is 0 Å². The van der Waals surface area contributed by atoms with Crippen molar-refractivity contribution in [2.45, 2.75) is 85.7 Å². The van der Waals surface area contributed by atoms with Crippen LogP contribution in [0, 0.1) is 11.3 Å². The predicted octanol–water partition coefficient (Wildman–Crippen LogP) is 4.79. The van der Waals surface area contributed by atoms with Gasteiger partial charge in [-0.2, -0.15) is 0 Å². The maximum Gasteiger partial charge on any atom is 0.330 e. The van der Waals surface area contributed by atoms with Crippen LogP contribution in [0.5, 0.6) is 0 Å². The van der Waals surface area contributed by atoms with Crippen molar-refractivity contribution in [3.05, 3.63) is 53.6 Å². The third-order valence-electron chi connectivity index (χ3n) is 4.77. The van der Waals surface area contributed by atoms with Gasteiger partial charge in [-0.15, -0.1) is 0 Å². The van der Waals surface area contributed by atoms with Gasteiger partial charge >= 0.3 is 11.9 Å². The molecule has 0 aliphatic rings. The highest BCUT2D eigenvalue weighted by atomic mass is 16.6. The Labute approximate surface area is 198 Å². The Morgan fingerprint density at radius 3 is 2.21 bits per heavy atom. The lowest BCUT2D eigenvalue weighted by Crippen LogP contribution is -2.39. The molecule has 0 radical (unpaired) electrons. The lowest BCUT2D eigenvalue weighted by Gasteiger charge is -2.26. The van der Waals surface area contributed by atoms with Crippen molar-refractivity contribution < 1.29 is 24.2 Å². The van der Waals surface area contributed by atoms with E-state index >= 15 is 0 Å². The minimum atomic E-state index is -0.718. The van der Waals surface area contributed by atoms with E-state index in [1.807, 2.05) is 64.1 Å². The topological polar surface area (TPSA) is 98.9 Å². The van der Waals surface area contributed by atoms with Crippen molar-refractivity contribution >= 4 is 18.0 Å². The van der Waals surface area contributed by atoms with E-state index in [-0.39, 0.29) is 17.9 Å². The van der Waals surface area contributed by atoms with Gasteiger partial charge in [0.1, 0.15) is 17.7 Å². The lowest BCUT2D eigenvalue weighted by molar-refractivity contribution is -0.153. The SMILES string of the molecule is CC(/C=C\c1ccc(CO)cc1)C(C/C=C/C(=O)OC(C)(C)C)OC(=O)[C@@H](N)CC(C)(C)C. The summed E-state index contributed by atoms with van der Waals surface area (Å²) in [5, 5.41) is 9.19. The molecule has 0 amide bonds. The quantitative estimate of drug-likeness (QED) is 0.385. The lowest BCUT2D eigenvalue weighted by atomic mass is 9.88. The van der Waals surface area contributed by atoms with E-state index < -0.39 is 29.7 Å².